The van der Waals surface area contributed by atoms with E-state index in [4.69, 9.17) is 11.6 Å². The number of carbonyl (C=O) groups excluding carboxylic acids is 1. The van der Waals surface area contributed by atoms with Gasteiger partial charge in [0, 0.05) is 31.4 Å². The highest BCUT2D eigenvalue weighted by Crippen LogP contribution is 2.15. The third-order valence-electron chi connectivity index (χ3n) is 2.83. The van der Waals surface area contributed by atoms with Gasteiger partial charge in [-0.05, 0) is 29.8 Å². The van der Waals surface area contributed by atoms with E-state index in [0.29, 0.717) is 13.0 Å². The summed E-state index contributed by atoms with van der Waals surface area (Å²) in [5.74, 6) is -0.472. The zero-order valence-corrected chi connectivity index (χ0v) is 12.0. The minimum atomic E-state index is -0.472. The number of nitrogens with one attached hydrogen (secondary N) is 2. The SMILES string of the molecule is O=C(NCCc1ccccn1)NCc1ccc(F)c(Cl)c1. The van der Waals surface area contributed by atoms with Crippen LogP contribution < -0.4 is 10.6 Å². The van der Waals surface area contributed by atoms with Crippen LogP contribution in [0, 0.1) is 5.82 Å². The molecular formula is C15H15ClFN3O. The zero-order chi connectivity index (χ0) is 15.1. The van der Waals surface area contributed by atoms with Crippen molar-refractivity contribution >= 4 is 17.6 Å². The molecule has 2 N–H and O–H groups in total. The average Bonchev–Trinajstić information content (AvgIpc) is 2.49. The van der Waals surface area contributed by atoms with Crippen molar-refractivity contribution in [2.45, 2.75) is 13.0 Å². The maximum Gasteiger partial charge on any atom is 0.315 e. The number of rotatable bonds is 5. The van der Waals surface area contributed by atoms with Crippen LogP contribution >= 0.6 is 11.6 Å². The van der Waals surface area contributed by atoms with Gasteiger partial charge in [-0.15, -0.1) is 0 Å². The van der Waals surface area contributed by atoms with Crippen molar-refractivity contribution in [2.75, 3.05) is 6.54 Å². The Morgan fingerprint density at radius 3 is 2.81 bits per heavy atom. The number of benzene rings is 1. The summed E-state index contributed by atoms with van der Waals surface area (Å²) in [7, 11) is 0. The van der Waals surface area contributed by atoms with Crippen LogP contribution in [0.4, 0.5) is 9.18 Å². The van der Waals surface area contributed by atoms with Crippen LogP contribution in [0.2, 0.25) is 5.02 Å². The molecule has 0 atom stereocenters. The smallest absolute Gasteiger partial charge is 0.315 e. The van der Waals surface area contributed by atoms with Gasteiger partial charge in [-0.2, -0.15) is 0 Å². The van der Waals surface area contributed by atoms with E-state index in [1.54, 1.807) is 12.3 Å². The largest absolute Gasteiger partial charge is 0.338 e. The first kappa shape index (κ1) is 15.3. The number of carbonyl (C=O) groups is 1. The molecule has 0 saturated carbocycles. The fraction of sp³-hybridized carbons (Fsp3) is 0.200. The Hall–Kier alpha value is -2.14. The molecule has 0 aliphatic carbocycles. The van der Waals surface area contributed by atoms with Crippen molar-refractivity contribution in [3.05, 3.63) is 64.7 Å². The first-order valence-corrected chi connectivity index (χ1v) is 6.88. The van der Waals surface area contributed by atoms with Crippen molar-refractivity contribution in [3.63, 3.8) is 0 Å². The van der Waals surface area contributed by atoms with Crippen LogP contribution in [0.5, 0.6) is 0 Å². The Morgan fingerprint density at radius 1 is 1.24 bits per heavy atom. The molecule has 110 valence electrons. The summed E-state index contributed by atoms with van der Waals surface area (Å²) < 4.78 is 13.0. The molecule has 21 heavy (non-hydrogen) atoms. The Bertz CT molecular complexity index is 607. The number of urea groups is 1. The van der Waals surface area contributed by atoms with E-state index in [9.17, 15) is 9.18 Å². The number of nitrogens with zero attached hydrogens (tertiary/aromatic N) is 1. The second-order valence-electron chi connectivity index (χ2n) is 4.43. The summed E-state index contributed by atoms with van der Waals surface area (Å²) in [5.41, 5.74) is 1.66. The molecule has 0 fully saturated rings. The summed E-state index contributed by atoms with van der Waals surface area (Å²) in [6, 6.07) is 9.71. The van der Waals surface area contributed by atoms with Crippen molar-refractivity contribution in [3.8, 4) is 0 Å². The quantitative estimate of drug-likeness (QED) is 0.892. The number of aromatic nitrogens is 1. The molecule has 0 aliphatic heterocycles. The highest BCUT2D eigenvalue weighted by Gasteiger charge is 2.03. The molecule has 0 radical (unpaired) electrons. The van der Waals surface area contributed by atoms with Crippen LogP contribution in [0.25, 0.3) is 0 Å². The summed E-state index contributed by atoms with van der Waals surface area (Å²) in [6.45, 7) is 0.780. The summed E-state index contributed by atoms with van der Waals surface area (Å²) in [5, 5.41) is 5.46. The van der Waals surface area contributed by atoms with Gasteiger partial charge in [0.15, 0.2) is 0 Å². The van der Waals surface area contributed by atoms with Gasteiger partial charge in [0.25, 0.3) is 0 Å². The number of hydrogen-bond acceptors (Lipinski definition) is 2. The molecule has 1 aromatic heterocycles. The molecule has 1 heterocycles. The van der Waals surface area contributed by atoms with E-state index >= 15 is 0 Å². The van der Waals surface area contributed by atoms with Gasteiger partial charge >= 0.3 is 6.03 Å². The monoisotopic (exact) mass is 307 g/mol. The van der Waals surface area contributed by atoms with Gasteiger partial charge in [0.2, 0.25) is 0 Å². The van der Waals surface area contributed by atoms with Gasteiger partial charge in [-0.25, -0.2) is 9.18 Å². The van der Waals surface area contributed by atoms with Gasteiger partial charge in [0.05, 0.1) is 5.02 Å². The molecule has 6 heteroatoms. The second kappa shape index (κ2) is 7.59. The van der Waals surface area contributed by atoms with Crippen molar-refractivity contribution in [2.24, 2.45) is 0 Å². The maximum atomic E-state index is 13.0. The Morgan fingerprint density at radius 2 is 2.10 bits per heavy atom. The molecule has 4 nitrogen and oxygen atoms in total. The van der Waals surface area contributed by atoms with E-state index in [1.807, 2.05) is 18.2 Å². The Kier molecular flexibility index (Phi) is 5.51. The number of pyridine rings is 1. The van der Waals surface area contributed by atoms with Crippen LogP contribution in [0.3, 0.4) is 0 Å². The van der Waals surface area contributed by atoms with Crippen molar-refractivity contribution < 1.29 is 9.18 Å². The normalized spacial score (nSPS) is 10.2. The second-order valence-corrected chi connectivity index (χ2v) is 4.84. The summed E-state index contributed by atoms with van der Waals surface area (Å²) in [6.07, 6.45) is 2.38. The Balaban J connectivity index is 1.71. The first-order valence-electron chi connectivity index (χ1n) is 6.50. The number of halogens is 2. The highest BCUT2D eigenvalue weighted by molar-refractivity contribution is 6.30. The topological polar surface area (TPSA) is 54.0 Å². The average molecular weight is 308 g/mol. The van der Waals surface area contributed by atoms with E-state index in [1.165, 1.54) is 12.1 Å². The molecule has 0 bridgehead atoms. The van der Waals surface area contributed by atoms with E-state index in [2.05, 4.69) is 15.6 Å². The maximum absolute atomic E-state index is 13.0. The molecule has 2 amide bonds. The van der Waals surface area contributed by atoms with Gasteiger partial charge < -0.3 is 10.6 Å². The molecule has 0 unspecified atom stereocenters. The molecule has 0 aliphatic rings. The third-order valence-corrected chi connectivity index (χ3v) is 3.12. The third kappa shape index (κ3) is 5.04. The molecule has 2 aromatic rings. The number of hydrogen-bond donors (Lipinski definition) is 2. The Labute approximate surface area is 127 Å². The fourth-order valence-electron chi connectivity index (χ4n) is 1.74. The molecule has 2 rings (SSSR count). The number of amides is 2. The minimum Gasteiger partial charge on any atom is -0.338 e. The standard InChI is InChI=1S/C15H15ClFN3O/c16-13-9-11(4-5-14(13)17)10-20-15(21)19-8-6-12-3-1-2-7-18-12/h1-5,7,9H,6,8,10H2,(H2,19,20,21). The molecular weight excluding hydrogens is 293 g/mol. The fourth-order valence-corrected chi connectivity index (χ4v) is 1.95. The van der Waals surface area contributed by atoms with E-state index in [0.717, 1.165) is 11.3 Å². The summed E-state index contributed by atoms with van der Waals surface area (Å²) in [4.78, 5) is 15.8. The van der Waals surface area contributed by atoms with Crippen LogP contribution in [0.15, 0.2) is 42.6 Å². The summed E-state index contributed by atoms with van der Waals surface area (Å²) >= 11 is 5.67. The lowest BCUT2D eigenvalue weighted by molar-refractivity contribution is 0.240. The molecule has 1 aromatic carbocycles. The van der Waals surface area contributed by atoms with Gasteiger partial charge in [-0.1, -0.05) is 23.7 Å². The van der Waals surface area contributed by atoms with E-state index < -0.39 is 5.82 Å². The van der Waals surface area contributed by atoms with Crippen LogP contribution in [-0.4, -0.2) is 17.6 Å². The van der Waals surface area contributed by atoms with Gasteiger partial charge in [0.1, 0.15) is 5.82 Å². The van der Waals surface area contributed by atoms with Crippen LogP contribution in [-0.2, 0) is 13.0 Å². The van der Waals surface area contributed by atoms with Crippen molar-refractivity contribution in [1.29, 1.82) is 0 Å². The first-order chi connectivity index (χ1) is 10.1. The zero-order valence-electron chi connectivity index (χ0n) is 11.3. The minimum absolute atomic E-state index is 0.0462. The van der Waals surface area contributed by atoms with Crippen LogP contribution in [0.1, 0.15) is 11.3 Å². The lowest BCUT2D eigenvalue weighted by atomic mass is 10.2. The molecule has 0 saturated heterocycles. The van der Waals surface area contributed by atoms with Gasteiger partial charge in [-0.3, -0.25) is 4.98 Å². The predicted octanol–water partition coefficient (Wildman–Crippen LogP) is 2.92. The lowest BCUT2D eigenvalue weighted by Crippen LogP contribution is -2.36. The molecule has 0 spiro atoms. The predicted molar refractivity (Wildman–Crippen MR) is 79.6 cm³/mol. The van der Waals surface area contributed by atoms with E-state index in [-0.39, 0.29) is 17.6 Å². The van der Waals surface area contributed by atoms with Crippen molar-refractivity contribution in [1.82, 2.24) is 15.6 Å². The lowest BCUT2D eigenvalue weighted by Gasteiger charge is -2.08. The highest BCUT2D eigenvalue weighted by atomic mass is 35.5.